The number of fused-ring (bicyclic) bond motifs is 3. The van der Waals surface area contributed by atoms with E-state index in [1.54, 1.807) is 0 Å². The Morgan fingerprint density at radius 3 is 1.50 bits per heavy atom. The molecule has 0 radical (unpaired) electrons. The SMILES string of the molecule is c1ccc(-c2cccc(-c3ccc(N(c4ccc5c(c4)oc4ccc(-c6ccccc6)cc45)c4ccccc4-c4ccccc4)cc3)c2)cc1. The quantitative estimate of drug-likeness (QED) is 0.173. The van der Waals surface area contributed by atoms with Gasteiger partial charge in [0.05, 0.1) is 5.69 Å². The van der Waals surface area contributed by atoms with Crippen molar-refractivity contribution in [3.63, 3.8) is 0 Å². The fraction of sp³-hybridized carbons (Fsp3) is 0. The summed E-state index contributed by atoms with van der Waals surface area (Å²) >= 11 is 0. The molecular weight excluding hydrogens is 607 g/mol. The summed E-state index contributed by atoms with van der Waals surface area (Å²) in [6, 6.07) is 71.0. The van der Waals surface area contributed by atoms with Gasteiger partial charge in [0.15, 0.2) is 0 Å². The Morgan fingerprint density at radius 2 is 0.820 bits per heavy atom. The molecule has 9 aromatic rings. The van der Waals surface area contributed by atoms with Crippen molar-refractivity contribution < 1.29 is 4.42 Å². The Morgan fingerprint density at radius 1 is 0.300 bits per heavy atom. The molecule has 0 saturated carbocycles. The minimum atomic E-state index is 0.860. The molecule has 8 aromatic carbocycles. The molecule has 0 aliphatic rings. The van der Waals surface area contributed by atoms with Crippen molar-refractivity contribution in [2.75, 3.05) is 4.90 Å². The molecule has 0 unspecified atom stereocenters. The minimum absolute atomic E-state index is 0.860. The molecule has 0 amide bonds. The van der Waals surface area contributed by atoms with E-state index in [0.717, 1.165) is 44.6 Å². The third kappa shape index (κ3) is 5.53. The lowest BCUT2D eigenvalue weighted by Gasteiger charge is -2.28. The highest BCUT2D eigenvalue weighted by Crippen LogP contribution is 2.43. The fourth-order valence-corrected chi connectivity index (χ4v) is 6.98. The molecule has 0 fully saturated rings. The molecule has 0 bridgehead atoms. The van der Waals surface area contributed by atoms with Crippen LogP contribution in [0.15, 0.2) is 205 Å². The van der Waals surface area contributed by atoms with Crippen LogP contribution in [0.3, 0.4) is 0 Å². The molecule has 0 spiro atoms. The number of benzene rings is 8. The van der Waals surface area contributed by atoms with E-state index >= 15 is 0 Å². The lowest BCUT2D eigenvalue weighted by Crippen LogP contribution is -2.11. The Balaban J connectivity index is 1.16. The lowest BCUT2D eigenvalue weighted by atomic mass is 9.98. The highest BCUT2D eigenvalue weighted by Gasteiger charge is 2.19. The monoisotopic (exact) mass is 639 g/mol. The zero-order chi connectivity index (χ0) is 33.3. The van der Waals surface area contributed by atoms with Gasteiger partial charge in [0.1, 0.15) is 11.2 Å². The molecule has 9 rings (SSSR count). The number of furan rings is 1. The maximum atomic E-state index is 6.52. The summed E-state index contributed by atoms with van der Waals surface area (Å²) in [5.74, 6) is 0. The first-order chi connectivity index (χ1) is 24.8. The smallest absolute Gasteiger partial charge is 0.137 e. The summed E-state index contributed by atoms with van der Waals surface area (Å²) in [6.45, 7) is 0. The van der Waals surface area contributed by atoms with Gasteiger partial charge >= 0.3 is 0 Å². The summed E-state index contributed by atoms with van der Waals surface area (Å²) in [5.41, 5.74) is 14.4. The van der Waals surface area contributed by atoms with Crippen LogP contribution in [0, 0.1) is 0 Å². The maximum Gasteiger partial charge on any atom is 0.137 e. The van der Waals surface area contributed by atoms with Crippen LogP contribution in [0.25, 0.3) is 66.4 Å². The third-order valence-corrected chi connectivity index (χ3v) is 9.48. The molecule has 0 atom stereocenters. The van der Waals surface area contributed by atoms with Gasteiger partial charge in [0.25, 0.3) is 0 Å². The van der Waals surface area contributed by atoms with Gasteiger partial charge in [-0.1, -0.05) is 146 Å². The zero-order valence-corrected chi connectivity index (χ0v) is 27.4. The van der Waals surface area contributed by atoms with Crippen molar-refractivity contribution in [2.45, 2.75) is 0 Å². The van der Waals surface area contributed by atoms with Crippen LogP contribution in [0.5, 0.6) is 0 Å². The number of nitrogens with zero attached hydrogens (tertiary/aromatic N) is 1. The molecule has 50 heavy (non-hydrogen) atoms. The average Bonchev–Trinajstić information content (AvgIpc) is 3.57. The third-order valence-electron chi connectivity index (χ3n) is 9.48. The second-order valence-corrected chi connectivity index (χ2v) is 12.6. The predicted molar refractivity (Wildman–Crippen MR) is 210 cm³/mol. The van der Waals surface area contributed by atoms with E-state index in [1.165, 1.54) is 38.9 Å². The van der Waals surface area contributed by atoms with E-state index < -0.39 is 0 Å². The number of hydrogen-bond acceptors (Lipinski definition) is 2. The van der Waals surface area contributed by atoms with Crippen molar-refractivity contribution >= 4 is 39.0 Å². The predicted octanol–water partition coefficient (Wildman–Crippen LogP) is 13.7. The highest BCUT2D eigenvalue weighted by molar-refractivity contribution is 6.07. The van der Waals surface area contributed by atoms with Crippen molar-refractivity contribution in [3.05, 3.63) is 200 Å². The topological polar surface area (TPSA) is 16.4 Å². The molecule has 236 valence electrons. The lowest BCUT2D eigenvalue weighted by molar-refractivity contribution is 0.669. The zero-order valence-electron chi connectivity index (χ0n) is 27.4. The summed E-state index contributed by atoms with van der Waals surface area (Å²) in [7, 11) is 0. The van der Waals surface area contributed by atoms with Gasteiger partial charge in [0.2, 0.25) is 0 Å². The van der Waals surface area contributed by atoms with E-state index in [1.807, 2.05) is 0 Å². The first-order valence-electron chi connectivity index (χ1n) is 17.0. The van der Waals surface area contributed by atoms with E-state index in [-0.39, 0.29) is 0 Å². The van der Waals surface area contributed by atoms with Crippen molar-refractivity contribution in [3.8, 4) is 44.5 Å². The largest absolute Gasteiger partial charge is 0.456 e. The Hall–Kier alpha value is -6.64. The van der Waals surface area contributed by atoms with Gasteiger partial charge < -0.3 is 9.32 Å². The maximum absolute atomic E-state index is 6.52. The highest BCUT2D eigenvalue weighted by atomic mass is 16.3. The minimum Gasteiger partial charge on any atom is -0.456 e. The normalized spacial score (nSPS) is 11.2. The van der Waals surface area contributed by atoms with Gasteiger partial charge in [-0.05, 0) is 87.5 Å². The number of hydrogen-bond donors (Lipinski definition) is 0. The van der Waals surface area contributed by atoms with Crippen LogP contribution in [0.1, 0.15) is 0 Å². The van der Waals surface area contributed by atoms with E-state index in [4.69, 9.17) is 4.42 Å². The number of anilines is 3. The summed E-state index contributed by atoms with van der Waals surface area (Å²) in [5, 5.41) is 2.22. The molecule has 1 heterocycles. The number of para-hydroxylation sites is 1. The van der Waals surface area contributed by atoms with E-state index in [9.17, 15) is 0 Å². The molecule has 0 N–H and O–H groups in total. The second kappa shape index (κ2) is 12.8. The average molecular weight is 640 g/mol. The Kier molecular flexibility index (Phi) is 7.53. The van der Waals surface area contributed by atoms with Crippen LogP contribution in [0.2, 0.25) is 0 Å². The molecule has 0 aliphatic heterocycles. The van der Waals surface area contributed by atoms with Crippen molar-refractivity contribution in [1.29, 1.82) is 0 Å². The van der Waals surface area contributed by atoms with Gasteiger partial charge in [0, 0.05) is 33.8 Å². The second-order valence-electron chi connectivity index (χ2n) is 12.6. The van der Waals surface area contributed by atoms with Crippen LogP contribution < -0.4 is 4.90 Å². The molecule has 0 saturated heterocycles. The molecular formula is C48H33NO. The number of rotatable bonds is 7. The Labute approximate surface area is 292 Å². The van der Waals surface area contributed by atoms with Gasteiger partial charge in [-0.15, -0.1) is 0 Å². The van der Waals surface area contributed by atoms with Gasteiger partial charge in [-0.2, -0.15) is 0 Å². The van der Waals surface area contributed by atoms with Crippen LogP contribution in [-0.2, 0) is 0 Å². The van der Waals surface area contributed by atoms with Gasteiger partial charge in [-0.25, -0.2) is 0 Å². The summed E-state index contributed by atoms with van der Waals surface area (Å²) < 4.78 is 6.52. The summed E-state index contributed by atoms with van der Waals surface area (Å²) in [4.78, 5) is 2.34. The van der Waals surface area contributed by atoms with Crippen LogP contribution >= 0.6 is 0 Å². The molecule has 2 heteroatoms. The van der Waals surface area contributed by atoms with Crippen molar-refractivity contribution in [1.82, 2.24) is 0 Å². The van der Waals surface area contributed by atoms with Crippen molar-refractivity contribution in [2.24, 2.45) is 0 Å². The Bertz CT molecular complexity index is 2570. The van der Waals surface area contributed by atoms with Gasteiger partial charge in [-0.3, -0.25) is 0 Å². The first kappa shape index (κ1) is 29.5. The standard InChI is InChI=1S/C48H33NO/c1-4-13-34(14-5-1)38-19-12-20-39(31-38)36-23-26-41(27-24-36)49(46-22-11-10-21-43(46)37-17-8-3-9-18-37)42-28-29-44-45-32-40(35-15-6-2-7-16-35)25-30-47(45)50-48(44)33-42/h1-33H. The first-order valence-corrected chi connectivity index (χ1v) is 17.0. The molecule has 2 nitrogen and oxygen atoms in total. The molecule has 0 aliphatic carbocycles. The molecule has 1 aromatic heterocycles. The van der Waals surface area contributed by atoms with Crippen LogP contribution in [0.4, 0.5) is 17.1 Å². The van der Waals surface area contributed by atoms with E-state index in [0.29, 0.717) is 0 Å². The fourth-order valence-electron chi connectivity index (χ4n) is 6.98. The summed E-state index contributed by atoms with van der Waals surface area (Å²) in [6.07, 6.45) is 0. The van der Waals surface area contributed by atoms with E-state index in [2.05, 4.69) is 205 Å². The van der Waals surface area contributed by atoms with Crippen LogP contribution in [-0.4, -0.2) is 0 Å².